The van der Waals surface area contributed by atoms with E-state index < -0.39 is 17.9 Å². The summed E-state index contributed by atoms with van der Waals surface area (Å²) in [6.45, 7) is 3.55. The van der Waals surface area contributed by atoms with Gasteiger partial charge in [-0.15, -0.1) is 0 Å². The predicted molar refractivity (Wildman–Crippen MR) is 110 cm³/mol. The van der Waals surface area contributed by atoms with Crippen molar-refractivity contribution in [1.29, 1.82) is 0 Å². The average Bonchev–Trinajstić information content (AvgIpc) is 3.14. The molecule has 0 bridgehead atoms. The number of carbonyl (C=O) groups is 2. The maximum atomic E-state index is 12.4. The molecule has 0 aliphatic heterocycles. The van der Waals surface area contributed by atoms with Crippen LogP contribution in [-0.4, -0.2) is 28.1 Å². The summed E-state index contributed by atoms with van der Waals surface area (Å²) in [5, 5.41) is 9.64. The first-order valence-electron chi connectivity index (χ1n) is 9.21. The summed E-state index contributed by atoms with van der Waals surface area (Å²) in [5.41, 5.74) is 6.76. The molecular formula is C22H20N4O3. The van der Waals surface area contributed by atoms with Gasteiger partial charge in [-0.3, -0.25) is 25.5 Å². The summed E-state index contributed by atoms with van der Waals surface area (Å²) in [7, 11) is 0. The fraction of sp³-hybridized carbons (Fsp3) is 0.136. The van der Waals surface area contributed by atoms with E-state index in [1.807, 2.05) is 67.6 Å². The summed E-state index contributed by atoms with van der Waals surface area (Å²) in [4.78, 5) is 24.7. The zero-order valence-corrected chi connectivity index (χ0v) is 16.0. The highest BCUT2D eigenvalue weighted by atomic mass is 16.5. The molecule has 0 fully saturated rings. The molecule has 0 aliphatic carbocycles. The summed E-state index contributed by atoms with van der Waals surface area (Å²) < 4.78 is 5.71. The summed E-state index contributed by atoms with van der Waals surface area (Å²) >= 11 is 0. The number of aryl methyl sites for hydroxylation is 1. The van der Waals surface area contributed by atoms with E-state index >= 15 is 0 Å². The Labute approximate surface area is 167 Å². The number of H-pyrrole nitrogens is 1. The molecule has 1 atom stereocenters. The van der Waals surface area contributed by atoms with E-state index in [1.54, 1.807) is 6.92 Å². The van der Waals surface area contributed by atoms with E-state index in [0.29, 0.717) is 11.1 Å². The molecule has 1 heterocycles. The minimum atomic E-state index is -0.797. The molecule has 146 valence electrons. The van der Waals surface area contributed by atoms with Gasteiger partial charge in [0.2, 0.25) is 0 Å². The van der Waals surface area contributed by atoms with Crippen LogP contribution in [0.25, 0.3) is 21.7 Å². The average molecular weight is 388 g/mol. The molecule has 0 spiro atoms. The number of carbonyl (C=O) groups excluding carboxylic acids is 2. The molecule has 3 aromatic carbocycles. The number of aromatic amines is 1. The van der Waals surface area contributed by atoms with Crippen molar-refractivity contribution >= 4 is 33.5 Å². The van der Waals surface area contributed by atoms with Gasteiger partial charge in [-0.2, -0.15) is 5.10 Å². The first-order chi connectivity index (χ1) is 14.0. The lowest BCUT2D eigenvalue weighted by atomic mass is 10.1. The Morgan fingerprint density at radius 2 is 1.79 bits per heavy atom. The molecule has 1 unspecified atom stereocenters. The molecule has 29 heavy (non-hydrogen) atoms. The number of hydrogen-bond acceptors (Lipinski definition) is 4. The number of rotatable bonds is 4. The number of ether oxygens (including phenoxy) is 1. The monoisotopic (exact) mass is 388 g/mol. The van der Waals surface area contributed by atoms with Gasteiger partial charge >= 0.3 is 0 Å². The maximum absolute atomic E-state index is 12.4. The zero-order chi connectivity index (χ0) is 20.4. The van der Waals surface area contributed by atoms with E-state index in [2.05, 4.69) is 21.0 Å². The van der Waals surface area contributed by atoms with Gasteiger partial charge in [-0.1, -0.05) is 42.0 Å². The first kappa shape index (κ1) is 18.5. The quantitative estimate of drug-likeness (QED) is 0.468. The molecular weight excluding hydrogens is 368 g/mol. The van der Waals surface area contributed by atoms with Crippen LogP contribution in [0.4, 0.5) is 0 Å². The smallest absolute Gasteiger partial charge is 0.290 e. The van der Waals surface area contributed by atoms with Gasteiger partial charge in [0.1, 0.15) is 5.75 Å². The van der Waals surface area contributed by atoms with Crippen molar-refractivity contribution in [2.24, 2.45) is 0 Å². The lowest BCUT2D eigenvalue weighted by Gasteiger charge is -2.15. The van der Waals surface area contributed by atoms with Crippen LogP contribution >= 0.6 is 0 Å². The second kappa shape index (κ2) is 7.63. The molecule has 1 aromatic heterocycles. The fourth-order valence-electron chi connectivity index (χ4n) is 3.08. The molecule has 0 saturated carbocycles. The third kappa shape index (κ3) is 3.89. The summed E-state index contributed by atoms with van der Waals surface area (Å²) in [6.07, 6.45) is -0.797. The van der Waals surface area contributed by atoms with Crippen LogP contribution in [0.3, 0.4) is 0 Å². The van der Waals surface area contributed by atoms with Crippen LogP contribution < -0.4 is 15.6 Å². The fourth-order valence-corrected chi connectivity index (χ4v) is 3.08. The van der Waals surface area contributed by atoms with Crippen LogP contribution in [0, 0.1) is 6.92 Å². The molecule has 0 aliphatic rings. The highest BCUT2D eigenvalue weighted by molar-refractivity contribution is 6.05. The molecule has 7 nitrogen and oxygen atoms in total. The van der Waals surface area contributed by atoms with E-state index in [1.165, 1.54) is 0 Å². The van der Waals surface area contributed by atoms with Gasteiger partial charge in [-0.05, 0) is 48.9 Å². The van der Waals surface area contributed by atoms with Gasteiger partial charge in [0, 0.05) is 5.39 Å². The Balaban J connectivity index is 1.39. The number of fused-ring (bicyclic) bond motifs is 2. The van der Waals surface area contributed by atoms with Crippen molar-refractivity contribution in [3.05, 3.63) is 71.9 Å². The third-order valence-corrected chi connectivity index (χ3v) is 4.64. The topological polar surface area (TPSA) is 96.1 Å². The van der Waals surface area contributed by atoms with Crippen molar-refractivity contribution in [3.63, 3.8) is 0 Å². The van der Waals surface area contributed by atoms with Crippen LogP contribution in [-0.2, 0) is 4.79 Å². The normalized spacial score (nSPS) is 11.9. The van der Waals surface area contributed by atoms with E-state index in [9.17, 15) is 9.59 Å². The summed E-state index contributed by atoms with van der Waals surface area (Å²) in [6, 6.07) is 19.1. The largest absolute Gasteiger partial charge is 0.481 e. The van der Waals surface area contributed by atoms with Gasteiger partial charge in [0.25, 0.3) is 11.8 Å². The van der Waals surface area contributed by atoms with Crippen molar-refractivity contribution < 1.29 is 14.3 Å². The Morgan fingerprint density at radius 3 is 2.62 bits per heavy atom. The van der Waals surface area contributed by atoms with Crippen molar-refractivity contribution in [2.75, 3.05) is 0 Å². The number of aromatic nitrogens is 2. The highest BCUT2D eigenvalue weighted by Crippen LogP contribution is 2.21. The predicted octanol–water partition coefficient (Wildman–Crippen LogP) is 3.25. The van der Waals surface area contributed by atoms with Crippen LogP contribution in [0.1, 0.15) is 23.0 Å². The maximum Gasteiger partial charge on any atom is 0.290 e. The molecule has 0 radical (unpaired) electrons. The minimum Gasteiger partial charge on any atom is -0.481 e. The van der Waals surface area contributed by atoms with Crippen LogP contribution in [0.5, 0.6) is 5.75 Å². The lowest BCUT2D eigenvalue weighted by molar-refractivity contribution is -0.128. The van der Waals surface area contributed by atoms with E-state index in [0.717, 1.165) is 21.9 Å². The SMILES string of the molecule is Cc1ccc2[nH]nc(C(=O)NNC(=O)C(C)Oc3ccc4ccccc4c3)c2c1. The highest BCUT2D eigenvalue weighted by Gasteiger charge is 2.18. The standard InChI is InChI=1S/C22H20N4O3/c1-13-7-10-19-18(11-13)20(24-23-19)22(28)26-25-21(27)14(2)29-17-9-8-15-5-3-4-6-16(15)12-17/h3-12,14H,1-2H3,(H,23,24)(H,25,27)(H,26,28). The lowest BCUT2D eigenvalue weighted by Crippen LogP contribution is -2.47. The van der Waals surface area contributed by atoms with Gasteiger partial charge in [-0.25, -0.2) is 0 Å². The molecule has 7 heteroatoms. The summed E-state index contributed by atoms with van der Waals surface area (Å²) in [5.74, 6) is -0.401. The van der Waals surface area contributed by atoms with E-state index in [-0.39, 0.29) is 5.69 Å². The third-order valence-electron chi connectivity index (χ3n) is 4.64. The minimum absolute atomic E-state index is 0.215. The number of nitrogens with one attached hydrogen (secondary N) is 3. The molecule has 4 aromatic rings. The molecule has 4 rings (SSSR count). The second-order valence-corrected chi connectivity index (χ2v) is 6.83. The number of amides is 2. The Hall–Kier alpha value is -3.87. The Morgan fingerprint density at radius 1 is 1.00 bits per heavy atom. The van der Waals surface area contributed by atoms with E-state index in [4.69, 9.17) is 4.74 Å². The van der Waals surface area contributed by atoms with Gasteiger partial charge in [0.15, 0.2) is 11.8 Å². The second-order valence-electron chi connectivity index (χ2n) is 6.83. The van der Waals surface area contributed by atoms with Gasteiger partial charge in [0.05, 0.1) is 5.52 Å². The number of hydrogen-bond donors (Lipinski definition) is 3. The first-order valence-corrected chi connectivity index (χ1v) is 9.21. The Bertz CT molecular complexity index is 1220. The number of benzene rings is 3. The van der Waals surface area contributed by atoms with Gasteiger partial charge < -0.3 is 4.74 Å². The Kier molecular flexibility index (Phi) is 4.87. The number of hydrazine groups is 1. The number of nitrogens with zero attached hydrogens (tertiary/aromatic N) is 1. The van der Waals surface area contributed by atoms with Crippen LogP contribution in [0.2, 0.25) is 0 Å². The molecule has 2 amide bonds. The molecule has 3 N–H and O–H groups in total. The van der Waals surface area contributed by atoms with Crippen molar-refractivity contribution in [3.8, 4) is 5.75 Å². The van der Waals surface area contributed by atoms with Crippen molar-refractivity contribution in [1.82, 2.24) is 21.0 Å². The molecule has 0 saturated heterocycles. The van der Waals surface area contributed by atoms with Crippen molar-refractivity contribution in [2.45, 2.75) is 20.0 Å². The zero-order valence-electron chi connectivity index (χ0n) is 16.0. The van der Waals surface area contributed by atoms with Crippen LogP contribution in [0.15, 0.2) is 60.7 Å².